The van der Waals surface area contributed by atoms with E-state index in [0.717, 1.165) is 0 Å². The van der Waals surface area contributed by atoms with Crippen LogP contribution >= 0.6 is 31.9 Å². The van der Waals surface area contributed by atoms with E-state index in [0.29, 0.717) is 0 Å². The van der Waals surface area contributed by atoms with Crippen LogP contribution in [0.1, 0.15) is 46.1 Å². The van der Waals surface area contributed by atoms with Gasteiger partial charge in [0.15, 0.2) is 0 Å². The first-order valence-corrected chi connectivity index (χ1v) is 6.79. The second-order valence-electron chi connectivity index (χ2n) is 3.81. The Morgan fingerprint density at radius 1 is 0.789 bits per heavy atom. The molecule has 0 aliphatic carbocycles. The lowest BCUT2D eigenvalue weighted by Gasteiger charge is -2.13. The number of rotatable bonds is 2. The second-order valence-corrected chi connectivity index (χ2v) is 6.56. The largest absolute Gasteiger partial charge is 0.462 e. The molecule has 1 heterocycles. The SMILES string of the molecule is CC(Br)c1oc(C(C)Br)c(C(F)(F)F)c1C(F)(F)F. The van der Waals surface area contributed by atoms with Gasteiger partial charge in [-0.05, 0) is 13.8 Å². The molecule has 0 radical (unpaired) electrons. The van der Waals surface area contributed by atoms with E-state index in [1.807, 2.05) is 0 Å². The van der Waals surface area contributed by atoms with Gasteiger partial charge in [0.1, 0.15) is 22.6 Å². The molecule has 2 unspecified atom stereocenters. The summed E-state index contributed by atoms with van der Waals surface area (Å²) in [6, 6.07) is 0. The van der Waals surface area contributed by atoms with Crippen molar-refractivity contribution in [2.75, 3.05) is 0 Å². The van der Waals surface area contributed by atoms with Crippen molar-refractivity contribution in [3.05, 3.63) is 22.6 Å². The summed E-state index contributed by atoms with van der Waals surface area (Å²) < 4.78 is 82.1. The van der Waals surface area contributed by atoms with Crippen molar-refractivity contribution in [1.82, 2.24) is 0 Å². The molecule has 1 nitrogen and oxygen atoms in total. The molecule has 0 bridgehead atoms. The average Bonchev–Trinajstić information content (AvgIpc) is 2.55. The van der Waals surface area contributed by atoms with Gasteiger partial charge in [-0.2, -0.15) is 26.3 Å². The summed E-state index contributed by atoms with van der Waals surface area (Å²) in [5, 5.41) is 0. The lowest BCUT2D eigenvalue weighted by Crippen LogP contribution is -2.17. The van der Waals surface area contributed by atoms with Crippen LogP contribution in [0.25, 0.3) is 0 Å². The standard InChI is InChI=1S/C10H8Br2F6O/c1-3(11)7-5(9(13,14)15)6(10(16,17)18)8(19-7)4(2)12/h3-4H,1-2H3. The number of hydrogen-bond donors (Lipinski definition) is 0. The minimum Gasteiger partial charge on any atom is -0.462 e. The molecule has 1 aromatic rings. The van der Waals surface area contributed by atoms with Crippen molar-refractivity contribution in [2.45, 2.75) is 35.9 Å². The van der Waals surface area contributed by atoms with Crippen LogP contribution in [-0.4, -0.2) is 0 Å². The molecule has 0 saturated carbocycles. The van der Waals surface area contributed by atoms with Gasteiger partial charge in [0.05, 0.1) is 9.65 Å². The van der Waals surface area contributed by atoms with Gasteiger partial charge < -0.3 is 4.42 Å². The molecular weight excluding hydrogens is 410 g/mol. The summed E-state index contributed by atoms with van der Waals surface area (Å²) >= 11 is 5.63. The molecule has 0 aromatic carbocycles. The van der Waals surface area contributed by atoms with Crippen LogP contribution in [0.3, 0.4) is 0 Å². The van der Waals surface area contributed by atoms with Gasteiger partial charge in [0.25, 0.3) is 0 Å². The Hall–Kier alpha value is -0.180. The van der Waals surface area contributed by atoms with E-state index in [-0.39, 0.29) is 0 Å². The smallest absolute Gasteiger partial charge is 0.420 e. The number of hydrogen-bond acceptors (Lipinski definition) is 1. The third-order valence-electron chi connectivity index (χ3n) is 2.25. The minimum atomic E-state index is -5.15. The molecule has 1 rings (SSSR count). The topological polar surface area (TPSA) is 13.1 Å². The highest BCUT2D eigenvalue weighted by atomic mass is 79.9. The highest BCUT2D eigenvalue weighted by Gasteiger charge is 2.50. The van der Waals surface area contributed by atoms with Gasteiger partial charge in [-0.1, -0.05) is 31.9 Å². The van der Waals surface area contributed by atoms with E-state index >= 15 is 0 Å². The molecule has 19 heavy (non-hydrogen) atoms. The number of furan rings is 1. The Kier molecular flexibility index (Phi) is 4.71. The van der Waals surface area contributed by atoms with E-state index in [9.17, 15) is 26.3 Å². The van der Waals surface area contributed by atoms with Gasteiger partial charge in [-0.25, -0.2) is 0 Å². The van der Waals surface area contributed by atoms with Crippen LogP contribution in [0.4, 0.5) is 26.3 Å². The molecule has 0 fully saturated rings. The summed E-state index contributed by atoms with van der Waals surface area (Å²) in [6.07, 6.45) is -10.3. The Morgan fingerprint density at radius 3 is 1.21 bits per heavy atom. The fraction of sp³-hybridized carbons (Fsp3) is 0.600. The van der Waals surface area contributed by atoms with Crippen LogP contribution in [-0.2, 0) is 12.4 Å². The Labute approximate surface area is 121 Å². The van der Waals surface area contributed by atoms with Crippen molar-refractivity contribution in [3.63, 3.8) is 0 Å². The predicted molar refractivity (Wildman–Crippen MR) is 63.4 cm³/mol. The van der Waals surface area contributed by atoms with Gasteiger partial charge >= 0.3 is 12.4 Å². The zero-order valence-electron chi connectivity index (χ0n) is 9.59. The highest BCUT2D eigenvalue weighted by molar-refractivity contribution is 9.09. The van der Waals surface area contributed by atoms with E-state index in [4.69, 9.17) is 4.42 Å². The van der Waals surface area contributed by atoms with Crippen molar-refractivity contribution in [2.24, 2.45) is 0 Å². The van der Waals surface area contributed by atoms with Crippen molar-refractivity contribution in [3.8, 4) is 0 Å². The van der Waals surface area contributed by atoms with Crippen LogP contribution in [0.5, 0.6) is 0 Å². The molecule has 0 amide bonds. The summed E-state index contributed by atoms with van der Waals surface area (Å²) in [5.41, 5.74) is -3.55. The zero-order valence-corrected chi connectivity index (χ0v) is 12.8. The monoisotopic (exact) mass is 416 g/mol. The summed E-state index contributed by atoms with van der Waals surface area (Å²) in [4.78, 5) is -1.99. The van der Waals surface area contributed by atoms with Crippen LogP contribution < -0.4 is 0 Å². The van der Waals surface area contributed by atoms with Gasteiger partial charge in [-0.3, -0.25) is 0 Å². The van der Waals surface area contributed by atoms with Crippen LogP contribution in [0.15, 0.2) is 4.42 Å². The highest BCUT2D eigenvalue weighted by Crippen LogP contribution is 2.50. The van der Waals surface area contributed by atoms with Gasteiger partial charge in [-0.15, -0.1) is 0 Å². The van der Waals surface area contributed by atoms with Crippen molar-refractivity contribution < 1.29 is 30.8 Å². The Bertz CT molecular complexity index is 417. The fourth-order valence-electron chi connectivity index (χ4n) is 1.59. The summed E-state index contributed by atoms with van der Waals surface area (Å²) in [5.74, 6) is -1.55. The first kappa shape index (κ1) is 16.9. The molecule has 0 saturated heterocycles. The quantitative estimate of drug-likeness (QED) is 0.410. The Morgan fingerprint density at radius 2 is 1.05 bits per heavy atom. The molecule has 9 heteroatoms. The predicted octanol–water partition coefficient (Wildman–Crippen LogP) is 6.23. The maximum atomic E-state index is 12.9. The fourth-order valence-corrected chi connectivity index (χ4v) is 2.23. The van der Waals surface area contributed by atoms with Gasteiger partial charge in [0, 0.05) is 0 Å². The number of alkyl halides is 8. The number of halogens is 8. The molecule has 2 atom stereocenters. The summed E-state index contributed by atoms with van der Waals surface area (Å²) in [6.45, 7) is 2.52. The first-order valence-electron chi connectivity index (χ1n) is 4.96. The van der Waals surface area contributed by atoms with Crippen molar-refractivity contribution in [1.29, 1.82) is 0 Å². The van der Waals surface area contributed by atoms with Crippen LogP contribution in [0, 0.1) is 0 Å². The first-order chi connectivity index (χ1) is 8.37. The van der Waals surface area contributed by atoms with E-state index in [1.54, 1.807) is 0 Å². The molecule has 110 valence electrons. The maximum absolute atomic E-state index is 12.9. The molecule has 0 N–H and O–H groups in total. The average molecular weight is 418 g/mol. The third-order valence-corrected chi connectivity index (χ3v) is 3.08. The summed E-state index contributed by atoms with van der Waals surface area (Å²) in [7, 11) is 0. The molecular formula is C10H8Br2F6O. The zero-order chi connectivity index (χ0) is 15.2. The molecule has 0 spiro atoms. The normalized spacial score (nSPS) is 16.5. The van der Waals surface area contributed by atoms with Crippen molar-refractivity contribution >= 4 is 31.9 Å². The van der Waals surface area contributed by atoms with Crippen LogP contribution in [0.2, 0.25) is 0 Å². The molecule has 1 aromatic heterocycles. The maximum Gasteiger partial charge on any atom is 0.420 e. The third kappa shape index (κ3) is 3.48. The lowest BCUT2D eigenvalue weighted by molar-refractivity contribution is -0.162. The lowest BCUT2D eigenvalue weighted by atomic mass is 10.1. The Balaban J connectivity index is 3.73. The van der Waals surface area contributed by atoms with E-state index in [1.165, 1.54) is 13.8 Å². The minimum absolute atomic E-state index is 0.777. The van der Waals surface area contributed by atoms with E-state index in [2.05, 4.69) is 31.9 Å². The van der Waals surface area contributed by atoms with E-state index < -0.39 is 44.7 Å². The molecule has 0 aliphatic heterocycles. The van der Waals surface area contributed by atoms with Gasteiger partial charge in [0.2, 0.25) is 0 Å². The molecule has 0 aliphatic rings. The second kappa shape index (κ2) is 5.31.